The van der Waals surface area contributed by atoms with E-state index in [0.717, 1.165) is 11.1 Å². The number of hydrogen-bond donors (Lipinski definition) is 11. The number of esters is 1. The van der Waals surface area contributed by atoms with Crippen molar-refractivity contribution >= 4 is 12.0 Å². The van der Waals surface area contributed by atoms with Gasteiger partial charge in [0.15, 0.2) is 37.7 Å². The molecule has 0 amide bonds. The van der Waals surface area contributed by atoms with Crippen LogP contribution >= 0.6 is 0 Å². The van der Waals surface area contributed by atoms with Gasteiger partial charge in [0.2, 0.25) is 0 Å². The lowest BCUT2D eigenvalue weighted by Gasteiger charge is -2.67. The van der Waals surface area contributed by atoms with Crippen LogP contribution in [-0.4, -0.2) is 299 Å². The molecule has 11 N–H and O–H groups in total. The van der Waals surface area contributed by atoms with Crippen LogP contribution in [0.5, 0.6) is 0 Å². The Bertz CT molecular complexity index is 2880. The highest BCUT2D eigenvalue weighted by Gasteiger charge is 2.81. The quantitative estimate of drug-likeness (QED) is 0.0432. The minimum Gasteiger partial charge on any atom is -0.458 e. The highest BCUT2D eigenvalue weighted by molar-refractivity contribution is 5.87. The predicted molar refractivity (Wildman–Crippen MR) is 342 cm³/mol. The van der Waals surface area contributed by atoms with E-state index in [9.17, 15) is 61.0 Å². The fourth-order valence-electron chi connectivity index (χ4n) is 18.0. The van der Waals surface area contributed by atoms with E-state index in [1.165, 1.54) is 20.1 Å². The van der Waals surface area contributed by atoms with Gasteiger partial charge in [0, 0.05) is 66.1 Å². The molecule has 29 nitrogen and oxygen atoms in total. The molecule has 0 radical (unpaired) electrons. The number of hydrogen-bond acceptors (Lipinski definition) is 29. The summed E-state index contributed by atoms with van der Waals surface area (Å²) in [5.74, 6) is -1.25. The molecule has 562 valence electrons. The molecule has 4 aliphatic carbocycles. The molecule has 6 heterocycles. The van der Waals surface area contributed by atoms with Gasteiger partial charge in [-0.05, 0) is 96.6 Å². The van der Waals surface area contributed by atoms with Crippen LogP contribution in [0.25, 0.3) is 6.08 Å². The molecule has 6 saturated heterocycles. The number of fused-ring (bicyclic) bond motifs is 5. The highest BCUT2D eigenvalue weighted by Crippen LogP contribution is 2.71. The van der Waals surface area contributed by atoms with Gasteiger partial charge < -0.3 is 137 Å². The molecular weight excluding hydrogens is 1300 g/mol. The predicted octanol–water partition coefficient (Wildman–Crippen LogP) is 0.676. The molecule has 0 aromatic heterocycles. The van der Waals surface area contributed by atoms with Crippen LogP contribution in [0.3, 0.4) is 0 Å². The van der Waals surface area contributed by atoms with Crippen LogP contribution in [-0.2, 0) is 85.3 Å². The van der Waals surface area contributed by atoms with Crippen molar-refractivity contribution in [3.63, 3.8) is 0 Å². The summed E-state index contributed by atoms with van der Waals surface area (Å²) in [5.41, 5.74) is -6.00. The number of methoxy groups -OCH3 is 4. The van der Waals surface area contributed by atoms with Crippen LogP contribution in [0.4, 0.5) is 0 Å². The fraction of sp³-hybridized carbons (Fsp3) is 0.843. The second kappa shape index (κ2) is 31.3. The monoisotopic (exact) mass is 1410 g/mol. The molecule has 35 atom stereocenters. The number of rotatable bonds is 22. The fourth-order valence-corrected chi connectivity index (χ4v) is 18.0. The first-order valence-corrected chi connectivity index (χ1v) is 35.1. The zero-order valence-corrected chi connectivity index (χ0v) is 58.4. The first-order valence-electron chi connectivity index (χ1n) is 35.1. The van der Waals surface area contributed by atoms with Crippen LogP contribution in [0.1, 0.15) is 125 Å². The first-order chi connectivity index (χ1) is 47.0. The van der Waals surface area contributed by atoms with Gasteiger partial charge in [-0.15, -0.1) is 0 Å². The molecule has 0 spiro atoms. The summed E-state index contributed by atoms with van der Waals surface area (Å²) in [7, 11) is 6.26. The molecule has 3 saturated carbocycles. The maximum Gasteiger partial charge on any atom is 0.331 e. The Morgan fingerprint density at radius 2 is 1.07 bits per heavy atom. The van der Waals surface area contributed by atoms with Gasteiger partial charge in [-0.1, -0.05) is 55.8 Å². The summed E-state index contributed by atoms with van der Waals surface area (Å²) in [5, 5.41) is 123. The van der Waals surface area contributed by atoms with Gasteiger partial charge in [0.05, 0.1) is 79.7 Å². The van der Waals surface area contributed by atoms with Crippen LogP contribution < -0.4 is 0 Å². The van der Waals surface area contributed by atoms with Gasteiger partial charge in [-0.2, -0.15) is 0 Å². The Labute approximate surface area is 577 Å². The van der Waals surface area contributed by atoms with E-state index in [1.54, 1.807) is 41.3 Å². The zero-order valence-electron chi connectivity index (χ0n) is 58.4. The molecule has 1 aromatic carbocycles. The summed E-state index contributed by atoms with van der Waals surface area (Å²) >= 11 is 0. The van der Waals surface area contributed by atoms with E-state index in [-0.39, 0.29) is 44.6 Å². The number of carbonyl (C=O) groups is 1. The Morgan fingerprint density at radius 3 is 1.57 bits per heavy atom. The van der Waals surface area contributed by atoms with Crippen molar-refractivity contribution in [3.05, 3.63) is 53.6 Å². The van der Waals surface area contributed by atoms with E-state index >= 15 is 0 Å². The number of ether oxygens (including phenoxy) is 17. The van der Waals surface area contributed by atoms with E-state index in [0.29, 0.717) is 32.1 Å². The Balaban J connectivity index is 0.657. The minimum absolute atomic E-state index is 0.0103. The average Bonchev–Trinajstić information content (AvgIpc) is 1.57. The summed E-state index contributed by atoms with van der Waals surface area (Å²) in [6.45, 7) is 11.3. The van der Waals surface area contributed by atoms with Crippen molar-refractivity contribution in [1.82, 2.24) is 0 Å². The number of carbonyl (C=O) groups excluding carboxylic acids is 1. The summed E-state index contributed by atoms with van der Waals surface area (Å²) in [6, 6.07) is 9.29. The van der Waals surface area contributed by atoms with Crippen molar-refractivity contribution < 1.29 is 141 Å². The van der Waals surface area contributed by atoms with Gasteiger partial charge in [-0.3, -0.25) is 0 Å². The second-order valence-corrected chi connectivity index (χ2v) is 29.5. The molecule has 2 unspecified atom stereocenters. The Kier molecular flexibility index (Phi) is 24.4. The van der Waals surface area contributed by atoms with E-state index in [1.807, 2.05) is 57.2 Å². The third-order valence-corrected chi connectivity index (χ3v) is 24.0. The van der Waals surface area contributed by atoms with E-state index in [2.05, 4.69) is 6.92 Å². The molecule has 6 aliphatic heterocycles. The van der Waals surface area contributed by atoms with E-state index in [4.69, 9.17) is 80.5 Å². The van der Waals surface area contributed by atoms with Gasteiger partial charge in [0.25, 0.3) is 0 Å². The van der Waals surface area contributed by atoms with Gasteiger partial charge >= 0.3 is 5.97 Å². The molecule has 10 aliphatic rings. The smallest absolute Gasteiger partial charge is 0.331 e. The third-order valence-electron chi connectivity index (χ3n) is 24.0. The normalized spacial score (nSPS) is 49.8. The molecule has 11 rings (SSSR count). The lowest BCUT2D eigenvalue weighted by atomic mass is 9.42. The second-order valence-electron chi connectivity index (χ2n) is 29.5. The van der Waals surface area contributed by atoms with Crippen molar-refractivity contribution in [1.29, 1.82) is 0 Å². The van der Waals surface area contributed by atoms with Crippen molar-refractivity contribution in [2.24, 2.45) is 16.7 Å². The largest absolute Gasteiger partial charge is 0.458 e. The topological polar surface area (TPSA) is 397 Å². The van der Waals surface area contributed by atoms with Crippen molar-refractivity contribution in [2.75, 3.05) is 41.7 Å². The highest BCUT2D eigenvalue weighted by atomic mass is 16.8. The number of benzene rings is 1. The Morgan fingerprint density at radius 1 is 0.596 bits per heavy atom. The summed E-state index contributed by atoms with van der Waals surface area (Å²) in [4.78, 5) is 13.7. The van der Waals surface area contributed by atoms with Crippen molar-refractivity contribution in [2.45, 2.75) is 314 Å². The Hall–Kier alpha value is -2.91. The first kappa shape index (κ1) is 77.2. The standard InChI is InChI=1S/C70H108O29/c1-33-60(41(83-8)26-50(88-33)92-40-20-21-66(6)39(25-40)19-22-69(81)47(66)30-48(95-49(73)18-17-38-15-13-12-14-16-38)67(7)68(80,37(5)72)23-24-70(67,69)82)96-51-27-42(84-9)61(34(2)89-51)97-52-28-43(85-10)62(35(3)90-52)98-53-29-44(86-11)63(36(4)91-53)99-65-59(79)57(77)55(75)46(94-65)32-87-64-58(78)56(76)54(74)45(31-71)93-64/h12-19,33-37,40-48,50-65,71-72,74-82H,20-32H2,1-11H3/b18-17+/t33-,34-,35-,36-,37?,40+,41-,42+,43-,44-,45-,46-,47-,48-,50+,51+,52+,53+,54-,55-,56+,57+,58-,59-,60-,61-,62-,63-,64-,65+,66+,67-,68?,69+,70-/m1/s1. The van der Waals surface area contributed by atoms with Crippen LogP contribution in [0, 0.1) is 16.7 Å². The number of aliphatic hydroxyl groups excluding tert-OH is 8. The maximum atomic E-state index is 13.7. The lowest BCUT2D eigenvalue weighted by molar-refractivity contribution is -0.363. The maximum absolute atomic E-state index is 13.7. The average molecular weight is 1410 g/mol. The molecule has 99 heavy (non-hydrogen) atoms. The molecule has 1 aromatic rings. The summed E-state index contributed by atoms with van der Waals surface area (Å²) in [6.07, 6.45) is -21.1. The zero-order chi connectivity index (χ0) is 71.4. The number of aliphatic hydroxyl groups is 11. The minimum atomic E-state index is -1.94. The molecule has 9 fully saturated rings. The molecule has 0 bridgehead atoms. The molecule has 29 heteroatoms. The van der Waals surface area contributed by atoms with Gasteiger partial charge in [0.1, 0.15) is 96.2 Å². The van der Waals surface area contributed by atoms with Crippen molar-refractivity contribution in [3.8, 4) is 0 Å². The van der Waals surface area contributed by atoms with Crippen LogP contribution in [0.2, 0.25) is 0 Å². The summed E-state index contributed by atoms with van der Waals surface area (Å²) < 4.78 is 106. The van der Waals surface area contributed by atoms with Gasteiger partial charge in [-0.25, -0.2) is 4.79 Å². The SMILES string of the molecule is CO[C@H]1C[C@H](O[C@@H]2[C@@H](C)O[C@@H](O[C@H]3CC[C@@]4(C)C(=CC[C@]5(O)[C@@H]4C[C@@H](OC(=O)/C=C/c4ccccc4)[C@]4(C)C(O)(C(C)O)CC[C@]54O)C3)C[C@H]2OC)O[C@H](C)[C@H]1O[C@H]1C[C@@H](OC)[C@H](O[C@H]2C[C@@H](OC)[C@H](O[C@@H]3O[C@H](CO[C@@H]4O[C@H](CO)[C@@H](O)[C@H](O)[C@H]4O)[C@@H](O)[C@H](O)[C@H]3O)[C@@H](C)O2)[C@@H](C)O1. The lowest BCUT2D eigenvalue weighted by Crippen LogP contribution is -2.78. The third kappa shape index (κ3) is 14.7. The molecular formula is C70H108O29. The van der Waals surface area contributed by atoms with Crippen LogP contribution in [0.15, 0.2) is 48.1 Å². The van der Waals surface area contributed by atoms with E-state index < -0.39 is 225 Å².